The maximum absolute atomic E-state index is 11.3. The van der Waals surface area contributed by atoms with Gasteiger partial charge in [-0.15, -0.1) is 0 Å². The van der Waals surface area contributed by atoms with Crippen molar-refractivity contribution in [2.75, 3.05) is 0 Å². The molecule has 2 aliphatic carbocycles. The number of aliphatic hydroxyl groups is 1. The van der Waals surface area contributed by atoms with E-state index in [9.17, 15) is 9.90 Å². The van der Waals surface area contributed by atoms with E-state index in [4.69, 9.17) is 4.74 Å². The second-order valence-corrected chi connectivity index (χ2v) is 5.90. The number of aliphatic hydroxyl groups excluding tert-OH is 1. The van der Waals surface area contributed by atoms with Gasteiger partial charge in [-0.2, -0.15) is 0 Å². The van der Waals surface area contributed by atoms with Gasteiger partial charge in [0.1, 0.15) is 6.10 Å². The zero-order valence-electron chi connectivity index (χ0n) is 9.82. The Hall–Kier alpha value is -0.830. The van der Waals surface area contributed by atoms with Crippen molar-refractivity contribution in [1.82, 2.24) is 0 Å². The fourth-order valence-electron chi connectivity index (χ4n) is 3.69. The van der Waals surface area contributed by atoms with Crippen molar-refractivity contribution in [1.29, 1.82) is 0 Å². The van der Waals surface area contributed by atoms with Crippen LogP contribution in [0.15, 0.2) is 11.1 Å². The minimum Gasteiger partial charge on any atom is -0.457 e. The predicted molar refractivity (Wildman–Crippen MR) is 58.7 cm³/mol. The smallest absolute Gasteiger partial charge is 0.306 e. The van der Waals surface area contributed by atoms with Crippen LogP contribution in [-0.4, -0.2) is 23.3 Å². The summed E-state index contributed by atoms with van der Waals surface area (Å²) in [6.45, 7) is 4.39. The third kappa shape index (κ3) is 1.21. The van der Waals surface area contributed by atoms with E-state index in [1.807, 2.05) is 0 Å². The standard InChI is InChI=1S/C13H18O3/c1-13(2)5-3-4-7-10(13)12-8(11(7)15)6-9(14)16-12/h8,11-12,15H,3-6H2,1-2H3/t8-,11-,12-/m0/s1. The van der Waals surface area contributed by atoms with Crippen molar-refractivity contribution in [2.24, 2.45) is 11.3 Å². The maximum Gasteiger partial charge on any atom is 0.306 e. The second kappa shape index (κ2) is 3.10. The highest BCUT2D eigenvalue weighted by Crippen LogP contribution is 2.53. The summed E-state index contributed by atoms with van der Waals surface area (Å²) in [5.74, 6) is -0.156. The third-order valence-corrected chi connectivity index (χ3v) is 4.42. The summed E-state index contributed by atoms with van der Waals surface area (Å²) in [6, 6.07) is 0. The SMILES string of the molecule is CC1(C)CCCC2=C1[C@H]1OC(=O)C[C@H]1[C@H]2O. The first-order valence-electron chi connectivity index (χ1n) is 6.12. The van der Waals surface area contributed by atoms with Crippen LogP contribution in [0, 0.1) is 11.3 Å². The van der Waals surface area contributed by atoms with E-state index in [1.54, 1.807) is 0 Å². The highest BCUT2D eigenvalue weighted by Gasteiger charge is 2.53. The molecule has 0 spiro atoms. The van der Waals surface area contributed by atoms with Gasteiger partial charge in [0, 0.05) is 5.92 Å². The monoisotopic (exact) mass is 222 g/mol. The van der Waals surface area contributed by atoms with Gasteiger partial charge in [0.15, 0.2) is 0 Å². The summed E-state index contributed by atoms with van der Waals surface area (Å²) in [6.07, 6.45) is 3.05. The van der Waals surface area contributed by atoms with E-state index in [2.05, 4.69) is 13.8 Å². The van der Waals surface area contributed by atoms with Crippen LogP contribution in [0.5, 0.6) is 0 Å². The lowest BCUT2D eigenvalue weighted by Gasteiger charge is -2.34. The van der Waals surface area contributed by atoms with E-state index >= 15 is 0 Å². The van der Waals surface area contributed by atoms with Crippen LogP contribution >= 0.6 is 0 Å². The Morgan fingerprint density at radius 2 is 2.19 bits per heavy atom. The van der Waals surface area contributed by atoms with Crippen LogP contribution in [0.25, 0.3) is 0 Å². The summed E-state index contributed by atoms with van der Waals surface area (Å²) < 4.78 is 5.40. The van der Waals surface area contributed by atoms with Crippen molar-refractivity contribution in [2.45, 2.75) is 51.7 Å². The van der Waals surface area contributed by atoms with E-state index in [1.165, 1.54) is 11.1 Å². The zero-order chi connectivity index (χ0) is 11.5. The van der Waals surface area contributed by atoms with E-state index in [0.717, 1.165) is 19.3 Å². The molecule has 3 rings (SSSR count). The average molecular weight is 222 g/mol. The van der Waals surface area contributed by atoms with Gasteiger partial charge >= 0.3 is 5.97 Å². The molecule has 1 aliphatic heterocycles. The third-order valence-electron chi connectivity index (χ3n) is 4.42. The Bertz CT molecular complexity index is 381. The van der Waals surface area contributed by atoms with Gasteiger partial charge in [-0.05, 0) is 35.8 Å². The number of ether oxygens (including phenoxy) is 1. The second-order valence-electron chi connectivity index (χ2n) is 5.90. The van der Waals surface area contributed by atoms with Crippen LogP contribution in [0.3, 0.4) is 0 Å². The lowest BCUT2D eigenvalue weighted by atomic mass is 9.72. The first kappa shape index (κ1) is 10.3. The molecule has 1 N–H and O–H groups in total. The van der Waals surface area contributed by atoms with Crippen LogP contribution in [-0.2, 0) is 9.53 Å². The molecular formula is C13H18O3. The van der Waals surface area contributed by atoms with Crippen molar-refractivity contribution >= 4 is 5.97 Å². The topological polar surface area (TPSA) is 46.5 Å². The first-order chi connectivity index (χ1) is 7.50. The predicted octanol–water partition coefficient (Wildman–Crippen LogP) is 1.80. The van der Waals surface area contributed by atoms with Gasteiger partial charge in [0.05, 0.1) is 12.5 Å². The van der Waals surface area contributed by atoms with Gasteiger partial charge in [-0.1, -0.05) is 13.8 Å². The average Bonchev–Trinajstić information content (AvgIpc) is 2.66. The first-order valence-corrected chi connectivity index (χ1v) is 6.12. The fourth-order valence-corrected chi connectivity index (χ4v) is 3.69. The van der Waals surface area contributed by atoms with Gasteiger partial charge in [0.25, 0.3) is 0 Å². The largest absolute Gasteiger partial charge is 0.457 e. The number of carbonyl (C=O) groups is 1. The van der Waals surface area contributed by atoms with Crippen LogP contribution in [0.2, 0.25) is 0 Å². The van der Waals surface area contributed by atoms with E-state index in [-0.39, 0.29) is 23.4 Å². The molecule has 16 heavy (non-hydrogen) atoms. The number of rotatable bonds is 0. The van der Waals surface area contributed by atoms with Gasteiger partial charge < -0.3 is 9.84 Å². The molecule has 0 saturated carbocycles. The molecule has 0 amide bonds. The highest BCUT2D eigenvalue weighted by molar-refractivity contribution is 5.74. The summed E-state index contributed by atoms with van der Waals surface area (Å²) >= 11 is 0. The number of carbonyl (C=O) groups excluding carboxylic acids is 1. The zero-order valence-corrected chi connectivity index (χ0v) is 9.82. The van der Waals surface area contributed by atoms with E-state index < -0.39 is 6.10 Å². The molecule has 1 saturated heterocycles. The Balaban J connectivity index is 2.05. The minimum atomic E-state index is -0.439. The molecule has 1 fully saturated rings. The van der Waals surface area contributed by atoms with Crippen molar-refractivity contribution in [3.05, 3.63) is 11.1 Å². The van der Waals surface area contributed by atoms with Crippen molar-refractivity contribution in [3.8, 4) is 0 Å². The molecule has 0 aromatic carbocycles. The molecule has 0 radical (unpaired) electrons. The van der Waals surface area contributed by atoms with Crippen LogP contribution < -0.4 is 0 Å². The summed E-state index contributed by atoms with van der Waals surface area (Å²) in [4.78, 5) is 11.3. The summed E-state index contributed by atoms with van der Waals surface area (Å²) in [7, 11) is 0. The normalized spacial score (nSPS) is 40.7. The Labute approximate surface area is 95.5 Å². The van der Waals surface area contributed by atoms with Gasteiger partial charge in [-0.25, -0.2) is 0 Å². The van der Waals surface area contributed by atoms with Crippen LogP contribution in [0.4, 0.5) is 0 Å². The molecule has 0 aromatic rings. The molecule has 0 aromatic heterocycles. The molecule has 0 bridgehead atoms. The maximum atomic E-state index is 11.3. The van der Waals surface area contributed by atoms with Crippen molar-refractivity contribution < 1.29 is 14.6 Å². The molecule has 3 nitrogen and oxygen atoms in total. The Kier molecular flexibility index (Phi) is 2.00. The Morgan fingerprint density at radius 3 is 2.94 bits per heavy atom. The lowest BCUT2D eigenvalue weighted by Crippen LogP contribution is -2.27. The number of hydrogen-bond acceptors (Lipinski definition) is 3. The molecule has 88 valence electrons. The molecule has 3 heteroatoms. The van der Waals surface area contributed by atoms with Gasteiger partial charge in [0.2, 0.25) is 0 Å². The molecular weight excluding hydrogens is 204 g/mol. The summed E-state index contributed by atoms with van der Waals surface area (Å²) in [5.41, 5.74) is 2.47. The Morgan fingerprint density at radius 1 is 1.44 bits per heavy atom. The number of esters is 1. The fraction of sp³-hybridized carbons (Fsp3) is 0.769. The number of fused-ring (bicyclic) bond motifs is 2. The lowest BCUT2D eigenvalue weighted by molar-refractivity contribution is -0.140. The quantitative estimate of drug-likeness (QED) is 0.502. The molecule has 0 unspecified atom stereocenters. The van der Waals surface area contributed by atoms with Gasteiger partial charge in [-0.3, -0.25) is 4.79 Å². The highest BCUT2D eigenvalue weighted by atomic mass is 16.6. The molecule has 3 aliphatic rings. The summed E-state index contributed by atoms with van der Waals surface area (Å²) in [5, 5.41) is 10.3. The van der Waals surface area contributed by atoms with Crippen LogP contribution in [0.1, 0.15) is 39.5 Å². The van der Waals surface area contributed by atoms with E-state index in [0.29, 0.717) is 6.42 Å². The molecule has 1 heterocycles. The number of hydrogen-bond donors (Lipinski definition) is 1. The van der Waals surface area contributed by atoms with Crippen molar-refractivity contribution in [3.63, 3.8) is 0 Å². The molecule has 3 atom stereocenters. The minimum absolute atomic E-state index is 0.00475.